The first-order valence-corrected chi connectivity index (χ1v) is 6.27. The van der Waals surface area contributed by atoms with Gasteiger partial charge in [0, 0.05) is 30.6 Å². The van der Waals surface area contributed by atoms with Crippen LogP contribution in [0.25, 0.3) is 0 Å². The summed E-state index contributed by atoms with van der Waals surface area (Å²) in [6.45, 7) is 5.36. The molecule has 6 nitrogen and oxygen atoms in total. The maximum absolute atomic E-state index is 11.8. The van der Waals surface area contributed by atoms with Gasteiger partial charge in [-0.05, 0) is 6.54 Å². The Morgan fingerprint density at radius 1 is 1.42 bits per heavy atom. The van der Waals surface area contributed by atoms with Gasteiger partial charge in [0.15, 0.2) is 0 Å². The van der Waals surface area contributed by atoms with Crippen LogP contribution in [0, 0.1) is 16.0 Å². The highest BCUT2D eigenvalue weighted by molar-refractivity contribution is 5.78. The Morgan fingerprint density at radius 3 is 2.74 bits per heavy atom. The molecule has 104 valence electrons. The molecule has 1 aromatic rings. The first-order chi connectivity index (χ1) is 9.06. The standard InChI is InChI=1S/C13H19N3O3/c1-3-14-8-10(2)13(17)15-9-11-6-4-5-7-12(11)16(18)19/h4-7,10,14H,3,8-9H2,1-2H3,(H,15,17). The number of nitrogens with one attached hydrogen (secondary N) is 2. The lowest BCUT2D eigenvalue weighted by atomic mass is 10.1. The molecule has 0 spiro atoms. The minimum atomic E-state index is -0.441. The van der Waals surface area contributed by atoms with Gasteiger partial charge in [-0.3, -0.25) is 14.9 Å². The largest absolute Gasteiger partial charge is 0.351 e. The summed E-state index contributed by atoms with van der Waals surface area (Å²) < 4.78 is 0. The Labute approximate surface area is 112 Å². The smallest absolute Gasteiger partial charge is 0.274 e. The van der Waals surface area contributed by atoms with E-state index in [-0.39, 0.29) is 24.1 Å². The van der Waals surface area contributed by atoms with Crippen LogP contribution < -0.4 is 10.6 Å². The fourth-order valence-corrected chi connectivity index (χ4v) is 1.65. The molecule has 0 saturated heterocycles. The monoisotopic (exact) mass is 265 g/mol. The molecular weight excluding hydrogens is 246 g/mol. The molecule has 1 rings (SSSR count). The molecule has 0 aliphatic rings. The van der Waals surface area contributed by atoms with E-state index in [2.05, 4.69) is 10.6 Å². The highest BCUT2D eigenvalue weighted by Gasteiger charge is 2.15. The zero-order chi connectivity index (χ0) is 14.3. The summed E-state index contributed by atoms with van der Waals surface area (Å²) in [6, 6.07) is 6.41. The van der Waals surface area contributed by atoms with Gasteiger partial charge in [-0.25, -0.2) is 0 Å². The van der Waals surface area contributed by atoms with Gasteiger partial charge in [0.1, 0.15) is 0 Å². The van der Waals surface area contributed by atoms with Crippen molar-refractivity contribution in [2.24, 2.45) is 5.92 Å². The molecule has 2 N–H and O–H groups in total. The summed E-state index contributed by atoms with van der Waals surface area (Å²) in [4.78, 5) is 22.2. The van der Waals surface area contributed by atoms with Crippen molar-refractivity contribution in [2.45, 2.75) is 20.4 Å². The van der Waals surface area contributed by atoms with E-state index in [0.717, 1.165) is 6.54 Å². The Balaban J connectivity index is 2.57. The molecular formula is C13H19N3O3. The molecule has 0 bridgehead atoms. The molecule has 0 fully saturated rings. The Hall–Kier alpha value is -1.95. The van der Waals surface area contributed by atoms with Crippen molar-refractivity contribution in [3.05, 3.63) is 39.9 Å². The first kappa shape index (κ1) is 15.1. The molecule has 0 aliphatic heterocycles. The molecule has 1 atom stereocenters. The van der Waals surface area contributed by atoms with Crippen LogP contribution in [0.1, 0.15) is 19.4 Å². The molecule has 1 amide bonds. The number of nitrogens with zero attached hydrogens (tertiary/aromatic N) is 1. The van der Waals surface area contributed by atoms with Crippen LogP contribution >= 0.6 is 0 Å². The summed E-state index contributed by atoms with van der Waals surface area (Å²) in [5.74, 6) is -0.276. The summed E-state index contributed by atoms with van der Waals surface area (Å²) in [5, 5.41) is 16.6. The maximum atomic E-state index is 11.8. The van der Waals surface area contributed by atoms with E-state index in [1.54, 1.807) is 18.2 Å². The number of nitro benzene ring substituents is 1. The first-order valence-electron chi connectivity index (χ1n) is 6.27. The summed E-state index contributed by atoms with van der Waals surface area (Å²) in [6.07, 6.45) is 0. The third-order valence-electron chi connectivity index (χ3n) is 2.79. The highest BCUT2D eigenvalue weighted by Crippen LogP contribution is 2.17. The molecule has 0 radical (unpaired) electrons. The third-order valence-corrected chi connectivity index (χ3v) is 2.79. The van der Waals surface area contributed by atoms with Gasteiger partial charge in [-0.2, -0.15) is 0 Å². The van der Waals surface area contributed by atoms with Crippen molar-refractivity contribution in [3.8, 4) is 0 Å². The van der Waals surface area contributed by atoms with Crippen LogP contribution in [0.2, 0.25) is 0 Å². The van der Waals surface area contributed by atoms with Crippen molar-refractivity contribution >= 4 is 11.6 Å². The number of hydrogen-bond donors (Lipinski definition) is 2. The average molecular weight is 265 g/mol. The second-order valence-corrected chi connectivity index (χ2v) is 4.31. The quantitative estimate of drug-likeness (QED) is 0.577. The lowest BCUT2D eigenvalue weighted by molar-refractivity contribution is -0.385. The van der Waals surface area contributed by atoms with Crippen LogP contribution in [0.5, 0.6) is 0 Å². The number of benzene rings is 1. The van der Waals surface area contributed by atoms with E-state index >= 15 is 0 Å². The topological polar surface area (TPSA) is 84.3 Å². The minimum Gasteiger partial charge on any atom is -0.351 e. The van der Waals surface area contributed by atoms with Crippen molar-refractivity contribution in [1.29, 1.82) is 0 Å². The van der Waals surface area contributed by atoms with E-state index in [1.807, 2.05) is 13.8 Å². The van der Waals surface area contributed by atoms with Crippen molar-refractivity contribution in [1.82, 2.24) is 10.6 Å². The van der Waals surface area contributed by atoms with Crippen LogP contribution in [0.15, 0.2) is 24.3 Å². The van der Waals surface area contributed by atoms with Gasteiger partial charge in [0.2, 0.25) is 5.91 Å². The van der Waals surface area contributed by atoms with Crippen LogP contribution in [0.4, 0.5) is 5.69 Å². The molecule has 6 heteroatoms. The number of hydrogen-bond acceptors (Lipinski definition) is 4. The Kier molecular flexibility index (Phi) is 5.95. The number of nitro groups is 1. The summed E-state index contributed by atoms with van der Waals surface area (Å²) in [7, 11) is 0. The van der Waals surface area contributed by atoms with Gasteiger partial charge < -0.3 is 10.6 Å². The number of carbonyl (C=O) groups is 1. The van der Waals surface area contributed by atoms with E-state index in [9.17, 15) is 14.9 Å². The van der Waals surface area contributed by atoms with Gasteiger partial charge in [-0.1, -0.05) is 32.0 Å². The highest BCUT2D eigenvalue weighted by atomic mass is 16.6. The SMILES string of the molecule is CCNCC(C)C(=O)NCc1ccccc1[N+](=O)[O-]. The molecule has 0 saturated carbocycles. The molecule has 0 heterocycles. The minimum absolute atomic E-state index is 0.0298. The van der Waals surface area contributed by atoms with Gasteiger partial charge >= 0.3 is 0 Å². The molecule has 0 aliphatic carbocycles. The number of amides is 1. The summed E-state index contributed by atoms with van der Waals surface area (Å²) >= 11 is 0. The maximum Gasteiger partial charge on any atom is 0.274 e. The normalized spacial score (nSPS) is 11.9. The molecule has 0 aromatic heterocycles. The Bertz CT molecular complexity index is 449. The Morgan fingerprint density at radius 2 is 2.11 bits per heavy atom. The summed E-state index contributed by atoms with van der Waals surface area (Å²) in [5.41, 5.74) is 0.540. The predicted molar refractivity (Wildman–Crippen MR) is 72.7 cm³/mol. The van der Waals surface area contributed by atoms with E-state index in [0.29, 0.717) is 12.1 Å². The third kappa shape index (κ3) is 4.67. The van der Waals surface area contributed by atoms with Crippen LogP contribution in [-0.2, 0) is 11.3 Å². The van der Waals surface area contributed by atoms with Crippen LogP contribution in [0.3, 0.4) is 0 Å². The second kappa shape index (κ2) is 7.48. The zero-order valence-electron chi connectivity index (χ0n) is 11.2. The predicted octanol–water partition coefficient (Wildman–Crippen LogP) is 1.46. The molecule has 1 unspecified atom stereocenters. The second-order valence-electron chi connectivity index (χ2n) is 4.31. The van der Waals surface area contributed by atoms with Gasteiger partial charge in [0.05, 0.1) is 4.92 Å². The fourth-order valence-electron chi connectivity index (χ4n) is 1.65. The van der Waals surface area contributed by atoms with Gasteiger partial charge in [0.25, 0.3) is 5.69 Å². The van der Waals surface area contributed by atoms with Crippen LogP contribution in [-0.4, -0.2) is 23.9 Å². The zero-order valence-corrected chi connectivity index (χ0v) is 11.2. The lowest BCUT2D eigenvalue weighted by Crippen LogP contribution is -2.35. The average Bonchev–Trinajstić information content (AvgIpc) is 2.42. The van der Waals surface area contributed by atoms with E-state index < -0.39 is 4.92 Å². The lowest BCUT2D eigenvalue weighted by Gasteiger charge is -2.12. The van der Waals surface area contributed by atoms with Gasteiger partial charge in [-0.15, -0.1) is 0 Å². The number of para-hydroxylation sites is 1. The molecule has 1 aromatic carbocycles. The van der Waals surface area contributed by atoms with E-state index in [1.165, 1.54) is 6.07 Å². The number of rotatable bonds is 7. The van der Waals surface area contributed by atoms with E-state index in [4.69, 9.17) is 0 Å². The van der Waals surface area contributed by atoms with Crippen molar-refractivity contribution in [2.75, 3.05) is 13.1 Å². The molecule has 19 heavy (non-hydrogen) atoms. The number of carbonyl (C=O) groups excluding carboxylic acids is 1. The fraction of sp³-hybridized carbons (Fsp3) is 0.462. The van der Waals surface area contributed by atoms with Crippen molar-refractivity contribution in [3.63, 3.8) is 0 Å². The van der Waals surface area contributed by atoms with Crippen molar-refractivity contribution < 1.29 is 9.72 Å².